The van der Waals surface area contributed by atoms with Gasteiger partial charge >= 0.3 is 0 Å². The van der Waals surface area contributed by atoms with Crippen molar-refractivity contribution in [1.29, 1.82) is 5.26 Å². The summed E-state index contributed by atoms with van der Waals surface area (Å²) in [4.78, 5) is 27.6. The summed E-state index contributed by atoms with van der Waals surface area (Å²) in [6, 6.07) is 8.67. The van der Waals surface area contributed by atoms with Crippen molar-refractivity contribution in [3.8, 4) is 11.8 Å². The van der Waals surface area contributed by atoms with Gasteiger partial charge in [-0.1, -0.05) is 13.8 Å². The molecule has 0 bridgehead atoms. The fraction of sp³-hybridized carbons (Fsp3) is 0.471. The summed E-state index contributed by atoms with van der Waals surface area (Å²) >= 11 is 0. The molecule has 122 valence electrons. The average molecular weight is 315 g/mol. The number of rotatable bonds is 4. The van der Waals surface area contributed by atoms with Gasteiger partial charge in [-0.15, -0.1) is 0 Å². The first kappa shape index (κ1) is 16.8. The van der Waals surface area contributed by atoms with Crippen molar-refractivity contribution in [2.75, 3.05) is 32.8 Å². The highest BCUT2D eigenvalue weighted by Gasteiger charge is 2.25. The molecule has 0 aliphatic carbocycles. The second kappa shape index (κ2) is 7.63. The molecular weight excluding hydrogens is 294 g/mol. The number of benzene rings is 1. The summed E-state index contributed by atoms with van der Waals surface area (Å²) < 4.78 is 5.45. The predicted octanol–water partition coefficient (Wildman–Crippen LogP) is 1.26. The first-order chi connectivity index (χ1) is 11.0. The minimum atomic E-state index is -0.0917. The largest absolute Gasteiger partial charge is 0.484 e. The quantitative estimate of drug-likeness (QED) is 0.838. The van der Waals surface area contributed by atoms with Crippen LogP contribution in [0.1, 0.15) is 19.4 Å². The summed E-state index contributed by atoms with van der Waals surface area (Å²) in [5, 5.41) is 8.73. The van der Waals surface area contributed by atoms with Crippen molar-refractivity contribution in [3.05, 3.63) is 29.8 Å². The number of ether oxygens (including phenoxy) is 1. The van der Waals surface area contributed by atoms with Crippen LogP contribution < -0.4 is 4.74 Å². The molecule has 0 saturated carbocycles. The molecule has 1 aliphatic heterocycles. The minimum Gasteiger partial charge on any atom is -0.484 e. The summed E-state index contributed by atoms with van der Waals surface area (Å²) in [5.74, 6) is 0.583. The Balaban J connectivity index is 1.79. The van der Waals surface area contributed by atoms with Crippen LogP contribution in [0.3, 0.4) is 0 Å². The molecule has 2 amide bonds. The maximum absolute atomic E-state index is 12.2. The molecule has 0 radical (unpaired) electrons. The van der Waals surface area contributed by atoms with Gasteiger partial charge in [0.25, 0.3) is 5.91 Å². The topological polar surface area (TPSA) is 73.6 Å². The van der Waals surface area contributed by atoms with Gasteiger partial charge in [-0.3, -0.25) is 9.59 Å². The smallest absolute Gasteiger partial charge is 0.260 e. The molecule has 0 N–H and O–H groups in total. The molecule has 1 aromatic rings. The molecule has 1 heterocycles. The van der Waals surface area contributed by atoms with E-state index in [1.165, 1.54) is 0 Å². The van der Waals surface area contributed by atoms with Crippen LogP contribution in [0.5, 0.6) is 5.75 Å². The van der Waals surface area contributed by atoms with Gasteiger partial charge in [-0.25, -0.2) is 0 Å². The highest BCUT2D eigenvalue weighted by atomic mass is 16.5. The van der Waals surface area contributed by atoms with Gasteiger partial charge in [-0.2, -0.15) is 5.26 Å². The van der Waals surface area contributed by atoms with Crippen molar-refractivity contribution in [2.45, 2.75) is 13.8 Å². The van der Waals surface area contributed by atoms with E-state index in [1.807, 2.05) is 19.9 Å². The third kappa shape index (κ3) is 4.46. The Morgan fingerprint density at radius 1 is 1.13 bits per heavy atom. The highest BCUT2D eigenvalue weighted by Crippen LogP contribution is 2.12. The Labute approximate surface area is 136 Å². The highest BCUT2D eigenvalue weighted by molar-refractivity contribution is 5.80. The Bertz CT molecular complexity index is 597. The lowest BCUT2D eigenvalue weighted by molar-refractivity contribution is -0.142. The molecule has 6 nitrogen and oxygen atoms in total. The van der Waals surface area contributed by atoms with Gasteiger partial charge in [0.15, 0.2) is 6.61 Å². The van der Waals surface area contributed by atoms with E-state index in [4.69, 9.17) is 10.00 Å². The number of nitrogens with zero attached hydrogens (tertiary/aromatic N) is 3. The van der Waals surface area contributed by atoms with Crippen LogP contribution >= 0.6 is 0 Å². The van der Waals surface area contributed by atoms with E-state index < -0.39 is 0 Å². The van der Waals surface area contributed by atoms with E-state index in [1.54, 1.807) is 34.1 Å². The Kier molecular flexibility index (Phi) is 5.58. The van der Waals surface area contributed by atoms with Crippen molar-refractivity contribution in [3.63, 3.8) is 0 Å². The number of nitriles is 1. The summed E-state index contributed by atoms with van der Waals surface area (Å²) in [6.07, 6.45) is 0. The monoisotopic (exact) mass is 315 g/mol. The van der Waals surface area contributed by atoms with Gasteiger partial charge in [0.2, 0.25) is 5.91 Å². The lowest BCUT2D eigenvalue weighted by atomic mass is 10.1. The van der Waals surface area contributed by atoms with E-state index in [0.29, 0.717) is 37.5 Å². The minimum absolute atomic E-state index is 0.0167. The van der Waals surface area contributed by atoms with Crippen LogP contribution in [-0.4, -0.2) is 54.4 Å². The maximum atomic E-state index is 12.2. The fourth-order valence-electron chi connectivity index (χ4n) is 2.40. The Hall–Kier alpha value is -2.55. The number of amides is 2. The number of hydrogen-bond acceptors (Lipinski definition) is 4. The zero-order valence-electron chi connectivity index (χ0n) is 13.5. The SMILES string of the molecule is CC(C)C(=O)N1CCN(C(=O)COc2ccc(C#N)cc2)CC1. The van der Waals surface area contributed by atoms with E-state index in [9.17, 15) is 9.59 Å². The second-order valence-electron chi connectivity index (χ2n) is 5.79. The zero-order valence-corrected chi connectivity index (χ0v) is 13.5. The van der Waals surface area contributed by atoms with Crippen LogP contribution in [0, 0.1) is 17.2 Å². The van der Waals surface area contributed by atoms with Crippen molar-refractivity contribution >= 4 is 11.8 Å². The maximum Gasteiger partial charge on any atom is 0.260 e. The fourth-order valence-corrected chi connectivity index (χ4v) is 2.40. The zero-order chi connectivity index (χ0) is 16.8. The number of carbonyl (C=O) groups excluding carboxylic acids is 2. The van der Waals surface area contributed by atoms with Crippen LogP contribution in [0.2, 0.25) is 0 Å². The lowest BCUT2D eigenvalue weighted by Crippen LogP contribution is -2.52. The van der Waals surface area contributed by atoms with Gasteiger partial charge in [0, 0.05) is 32.1 Å². The lowest BCUT2D eigenvalue weighted by Gasteiger charge is -2.35. The molecular formula is C17H21N3O3. The molecule has 1 fully saturated rings. The average Bonchev–Trinajstić information content (AvgIpc) is 2.59. The van der Waals surface area contributed by atoms with Gasteiger partial charge in [0.05, 0.1) is 11.6 Å². The Morgan fingerprint density at radius 3 is 2.22 bits per heavy atom. The third-order valence-corrected chi connectivity index (χ3v) is 3.78. The molecule has 2 rings (SSSR count). The summed E-state index contributed by atoms with van der Waals surface area (Å²) in [5.41, 5.74) is 0.551. The first-order valence-corrected chi connectivity index (χ1v) is 7.71. The van der Waals surface area contributed by atoms with Crippen LogP contribution in [0.15, 0.2) is 24.3 Å². The van der Waals surface area contributed by atoms with E-state index in [0.717, 1.165) is 0 Å². The van der Waals surface area contributed by atoms with E-state index in [-0.39, 0.29) is 24.3 Å². The molecule has 0 spiro atoms. The standard InChI is InChI=1S/C17H21N3O3/c1-13(2)17(22)20-9-7-19(8-10-20)16(21)12-23-15-5-3-14(11-18)4-6-15/h3-6,13H,7-10,12H2,1-2H3. The third-order valence-electron chi connectivity index (χ3n) is 3.78. The molecule has 1 aromatic carbocycles. The Morgan fingerprint density at radius 2 is 1.70 bits per heavy atom. The van der Waals surface area contributed by atoms with Gasteiger partial charge in [0.1, 0.15) is 5.75 Å². The van der Waals surface area contributed by atoms with E-state index in [2.05, 4.69) is 0 Å². The number of carbonyl (C=O) groups is 2. The van der Waals surface area contributed by atoms with Crippen LogP contribution in [0.25, 0.3) is 0 Å². The summed E-state index contributed by atoms with van der Waals surface area (Å²) in [7, 11) is 0. The molecule has 23 heavy (non-hydrogen) atoms. The molecule has 0 unspecified atom stereocenters. The molecule has 0 atom stereocenters. The predicted molar refractivity (Wildman–Crippen MR) is 84.7 cm³/mol. The van der Waals surface area contributed by atoms with Crippen LogP contribution in [-0.2, 0) is 9.59 Å². The molecule has 0 aromatic heterocycles. The molecule has 1 saturated heterocycles. The number of hydrogen-bond donors (Lipinski definition) is 0. The van der Waals surface area contributed by atoms with Crippen molar-refractivity contribution in [2.24, 2.45) is 5.92 Å². The first-order valence-electron chi connectivity index (χ1n) is 7.71. The molecule has 6 heteroatoms. The van der Waals surface area contributed by atoms with Crippen molar-refractivity contribution < 1.29 is 14.3 Å². The second-order valence-corrected chi connectivity index (χ2v) is 5.79. The van der Waals surface area contributed by atoms with Crippen LogP contribution in [0.4, 0.5) is 0 Å². The van der Waals surface area contributed by atoms with Gasteiger partial charge < -0.3 is 14.5 Å². The summed E-state index contributed by atoms with van der Waals surface area (Å²) in [6.45, 7) is 5.93. The van der Waals surface area contributed by atoms with E-state index >= 15 is 0 Å². The van der Waals surface area contributed by atoms with Crippen molar-refractivity contribution in [1.82, 2.24) is 9.80 Å². The van der Waals surface area contributed by atoms with Gasteiger partial charge in [-0.05, 0) is 24.3 Å². The number of piperazine rings is 1. The molecule has 1 aliphatic rings. The normalized spacial score (nSPS) is 14.5.